The third-order valence-corrected chi connectivity index (χ3v) is 5.71. The van der Waals surface area contributed by atoms with Crippen LogP contribution in [-0.4, -0.2) is 20.9 Å². The maximum absolute atomic E-state index is 12.4. The number of nitrogens with one attached hydrogen (secondary N) is 2. The highest BCUT2D eigenvalue weighted by atomic mass is 32.2. The lowest BCUT2D eigenvalue weighted by atomic mass is 10.1. The molecule has 6 heteroatoms. The van der Waals surface area contributed by atoms with E-state index < -0.39 is 10.0 Å². The zero-order valence-electron chi connectivity index (χ0n) is 15.1. The molecule has 5 nitrogen and oxygen atoms in total. The predicted molar refractivity (Wildman–Crippen MR) is 107 cm³/mol. The van der Waals surface area contributed by atoms with E-state index in [1.165, 1.54) is 0 Å². The maximum atomic E-state index is 12.4. The van der Waals surface area contributed by atoms with Crippen LogP contribution in [0.2, 0.25) is 0 Å². The molecule has 0 fully saturated rings. The second-order valence-electron chi connectivity index (χ2n) is 6.42. The number of amides is 1. The highest BCUT2D eigenvalue weighted by molar-refractivity contribution is 7.89. The summed E-state index contributed by atoms with van der Waals surface area (Å²) in [5.41, 5.74) is 2.14. The van der Waals surface area contributed by atoms with E-state index in [1.807, 2.05) is 55.5 Å². The van der Waals surface area contributed by atoms with E-state index in [2.05, 4.69) is 10.0 Å². The molecule has 1 amide bonds. The fraction of sp³-hybridized carbons (Fsp3) is 0.190. The quantitative estimate of drug-likeness (QED) is 0.659. The van der Waals surface area contributed by atoms with Gasteiger partial charge in [-0.3, -0.25) is 4.79 Å². The number of hydrogen-bond donors (Lipinski definition) is 2. The monoisotopic (exact) mass is 382 g/mol. The fourth-order valence-electron chi connectivity index (χ4n) is 2.83. The molecule has 0 aliphatic heterocycles. The number of carbonyl (C=O) groups is 1. The Hall–Kier alpha value is -2.70. The summed E-state index contributed by atoms with van der Waals surface area (Å²) in [6, 6.07) is 20.4. The molecule has 0 bridgehead atoms. The van der Waals surface area contributed by atoms with Gasteiger partial charge in [0.25, 0.3) is 0 Å². The molecule has 0 aliphatic rings. The molecule has 27 heavy (non-hydrogen) atoms. The van der Waals surface area contributed by atoms with Gasteiger partial charge in [-0.15, -0.1) is 0 Å². The highest BCUT2D eigenvalue weighted by Crippen LogP contribution is 2.18. The Morgan fingerprint density at radius 1 is 0.926 bits per heavy atom. The van der Waals surface area contributed by atoms with Gasteiger partial charge >= 0.3 is 0 Å². The van der Waals surface area contributed by atoms with Crippen molar-refractivity contribution < 1.29 is 13.2 Å². The van der Waals surface area contributed by atoms with Crippen molar-refractivity contribution in [2.24, 2.45) is 0 Å². The van der Waals surface area contributed by atoms with Crippen LogP contribution in [0.1, 0.15) is 17.5 Å². The van der Waals surface area contributed by atoms with Gasteiger partial charge in [-0.25, -0.2) is 13.1 Å². The largest absolute Gasteiger partial charge is 0.352 e. The van der Waals surface area contributed by atoms with E-state index in [4.69, 9.17) is 0 Å². The van der Waals surface area contributed by atoms with Crippen LogP contribution in [0.25, 0.3) is 10.8 Å². The molecular weight excluding hydrogens is 360 g/mol. The molecule has 0 aliphatic carbocycles. The molecule has 0 heterocycles. The first kappa shape index (κ1) is 19.1. The summed E-state index contributed by atoms with van der Waals surface area (Å²) in [7, 11) is -3.65. The Bertz CT molecular complexity index is 1060. The summed E-state index contributed by atoms with van der Waals surface area (Å²) in [5, 5.41) is 4.64. The minimum atomic E-state index is -3.65. The molecular formula is C21H22N2O3S. The van der Waals surface area contributed by atoms with Crippen molar-refractivity contribution in [2.75, 3.05) is 6.54 Å². The zero-order valence-corrected chi connectivity index (χ0v) is 15.9. The second kappa shape index (κ2) is 8.33. The number of hydrogen-bond acceptors (Lipinski definition) is 3. The summed E-state index contributed by atoms with van der Waals surface area (Å²) in [6.45, 7) is 2.47. The van der Waals surface area contributed by atoms with Crippen LogP contribution >= 0.6 is 0 Å². The van der Waals surface area contributed by atoms with Crippen LogP contribution in [0.15, 0.2) is 71.6 Å². The lowest BCUT2D eigenvalue weighted by Gasteiger charge is -2.09. The molecule has 0 saturated carbocycles. The molecule has 2 N–H and O–H groups in total. The van der Waals surface area contributed by atoms with E-state index in [9.17, 15) is 13.2 Å². The number of sulfonamides is 1. The first-order chi connectivity index (χ1) is 12.9. The Balaban J connectivity index is 1.53. The standard InChI is InChI=1S/C21H22N2O3S/c1-16-5-4-6-17(13-16)15-22-21(24)11-12-23-27(25,26)20-10-9-18-7-2-3-8-19(18)14-20/h2-10,13-14,23H,11-12,15H2,1H3,(H,22,24). The van der Waals surface area contributed by atoms with Crippen LogP contribution in [0.3, 0.4) is 0 Å². The summed E-state index contributed by atoms with van der Waals surface area (Å²) in [5.74, 6) is -0.197. The minimum Gasteiger partial charge on any atom is -0.352 e. The molecule has 0 radical (unpaired) electrons. The summed E-state index contributed by atoms with van der Waals surface area (Å²) >= 11 is 0. The average molecular weight is 382 g/mol. The topological polar surface area (TPSA) is 75.3 Å². The molecule has 3 aromatic carbocycles. The minimum absolute atomic E-state index is 0.0504. The number of rotatable bonds is 7. The summed E-state index contributed by atoms with van der Waals surface area (Å²) in [6.07, 6.45) is 0.0820. The Morgan fingerprint density at radius 2 is 1.70 bits per heavy atom. The average Bonchev–Trinajstić information content (AvgIpc) is 2.66. The highest BCUT2D eigenvalue weighted by Gasteiger charge is 2.14. The molecule has 0 atom stereocenters. The van der Waals surface area contributed by atoms with Crippen molar-refractivity contribution in [3.63, 3.8) is 0 Å². The first-order valence-electron chi connectivity index (χ1n) is 8.75. The molecule has 0 aromatic heterocycles. The number of fused-ring (bicyclic) bond motifs is 1. The maximum Gasteiger partial charge on any atom is 0.240 e. The molecule has 140 valence electrons. The van der Waals surface area contributed by atoms with E-state index >= 15 is 0 Å². The smallest absolute Gasteiger partial charge is 0.240 e. The summed E-state index contributed by atoms with van der Waals surface area (Å²) in [4.78, 5) is 12.1. The van der Waals surface area contributed by atoms with Crippen LogP contribution in [0.4, 0.5) is 0 Å². The number of aryl methyl sites for hydroxylation is 1. The summed E-state index contributed by atoms with van der Waals surface area (Å²) < 4.78 is 27.4. The lowest BCUT2D eigenvalue weighted by molar-refractivity contribution is -0.121. The molecule has 0 unspecified atom stereocenters. The molecule has 3 aromatic rings. The third-order valence-electron chi connectivity index (χ3n) is 4.25. The van der Waals surface area contributed by atoms with Crippen molar-refractivity contribution in [1.29, 1.82) is 0 Å². The predicted octanol–water partition coefficient (Wildman–Crippen LogP) is 3.13. The fourth-order valence-corrected chi connectivity index (χ4v) is 3.89. The van der Waals surface area contributed by atoms with Crippen LogP contribution in [0.5, 0.6) is 0 Å². The van der Waals surface area contributed by atoms with E-state index in [0.29, 0.717) is 6.54 Å². The van der Waals surface area contributed by atoms with E-state index in [1.54, 1.807) is 18.2 Å². The van der Waals surface area contributed by atoms with Gasteiger partial charge in [0.1, 0.15) is 0 Å². The Kier molecular flexibility index (Phi) is 5.88. The van der Waals surface area contributed by atoms with Crippen molar-refractivity contribution in [3.8, 4) is 0 Å². The van der Waals surface area contributed by atoms with Crippen molar-refractivity contribution in [1.82, 2.24) is 10.0 Å². The Labute approximate surface area is 159 Å². The zero-order chi connectivity index (χ0) is 19.3. The van der Waals surface area contributed by atoms with Gasteiger partial charge < -0.3 is 5.32 Å². The second-order valence-corrected chi connectivity index (χ2v) is 8.19. The van der Waals surface area contributed by atoms with E-state index in [0.717, 1.165) is 21.9 Å². The normalized spacial score (nSPS) is 11.4. The van der Waals surface area contributed by atoms with Crippen molar-refractivity contribution >= 4 is 26.7 Å². The van der Waals surface area contributed by atoms with Gasteiger partial charge in [-0.1, -0.05) is 60.2 Å². The van der Waals surface area contributed by atoms with Crippen LogP contribution in [0, 0.1) is 6.92 Å². The van der Waals surface area contributed by atoms with Crippen LogP contribution in [-0.2, 0) is 21.4 Å². The van der Waals surface area contributed by atoms with E-state index in [-0.39, 0.29) is 23.8 Å². The van der Waals surface area contributed by atoms with Crippen molar-refractivity contribution in [3.05, 3.63) is 77.9 Å². The van der Waals surface area contributed by atoms with Gasteiger partial charge in [0.15, 0.2) is 0 Å². The Morgan fingerprint density at radius 3 is 2.48 bits per heavy atom. The van der Waals surface area contributed by atoms with Gasteiger partial charge in [-0.05, 0) is 35.4 Å². The third kappa shape index (κ3) is 5.15. The van der Waals surface area contributed by atoms with Gasteiger partial charge in [0.2, 0.25) is 15.9 Å². The van der Waals surface area contributed by atoms with Gasteiger partial charge in [0, 0.05) is 19.5 Å². The molecule has 0 saturated heterocycles. The first-order valence-corrected chi connectivity index (χ1v) is 10.2. The molecule has 0 spiro atoms. The SMILES string of the molecule is Cc1cccc(CNC(=O)CCNS(=O)(=O)c2ccc3ccccc3c2)c1. The van der Waals surface area contributed by atoms with Gasteiger partial charge in [0.05, 0.1) is 4.90 Å². The number of benzene rings is 3. The lowest BCUT2D eigenvalue weighted by Crippen LogP contribution is -2.30. The number of carbonyl (C=O) groups excluding carboxylic acids is 1. The van der Waals surface area contributed by atoms with Gasteiger partial charge in [-0.2, -0.15) is 0 Å². The molecule has 3 rings (SSSR count). The van der Waals surface area contributed by atoms with Crippen LogP contribution < -0.4 is 10.0 Å². The van der Waals surface area contributed by atoms with Crippen molar-refractivity contribution in [2.45, 2.75) is 24.8 Å².